The molecule has 0 aromatic heterocycles. The van der Waals surface area contributed by atoms with Crippen molar-refractivity contribution < 1.29 is 18.7 Å². The SMILES string of the molecule is O=C1S/C(=C\c2cc(Cl)c(OCc3ccc(I)cc3)c(Cl)c2)C(=O)N1Cc1ccc(F)cc1. The summed E-state index contributed by atoms with van der Waals surface area (Å²) in [6, 6.07) is 16.8. The molecule has 0 spiro atoms. The van der Waals surface area contributed by atoms with Crippen molar-refractivity contribution in [2.24, 2.45) is 0 Å². The first-order chi connectivity index (χ1) is 15.8. The molecular weight excluding hydrogens is 599 g/mol. The van der Waals surface area contributed by atoms with E-state index in [9.17, 15) is 14.0 Å². The van der Waals surface area contributed by atoms with Gasteiger partial charge in [-0.1, -0.05) is 47.5 Å². The fourth-order valence-corrected chi connectivity index (χ4v) is 4.91. The number of amides is 2. The van der Waals surface area contributed by atoms with E-state index >= 15 is 0 Å². The molecule has 0 radical (unpaired) electrons. The zero-order chi connectivity index (χ0) is 23.5. The molecule has 0 atom stereocenters. The lowest BCUT2D eigenvalue weighted by atomic mass is 10.2. The Morgan fingerprint density at radius 2 is 1.58 bits per heavy atom. The first kappa shape index (κ1) is 24.1. The van der Waals surface area contributed by atoms with Crippen LogP contribution in [0.2, 0.25) is 10.0 Å². The number of carbonyl (C=O) groups excluding carboxylic acids is 2. The average Bonchev–Trinajstić information content (AvgIpc) is 3.03. The van der Waals surface area contributed by atoms with Gasteiger partial charge in [0.05, 0.1) is 21.5 Å². The number of hydrogen-bond acceptors (Lipinski definition) is 4. The first-order valence-electron chi connectivity index (χ1n) is 9.66. The van der Waals surface area contributed by atoms with Gasteiger partial charge in [0.2, 0.25) is 0 Å². The third kappa shape index (κ3) is 5.90. The Hall–Kier alpha value is -2.07. The lowest BCUT2D eigenvalue weighted by Gasteiger charge is -2.12. The van der Waals surface area contributed by atoms with Crippen LogP contribution in [0.4, 0.5) is 9.18 Å². The highest BCUT2D eigenvalue weighted by Gasteiger charge is 2.35. The van der Waals surface area contributed by atoms with Gasteiger partial charge in [0.1, 0.15) is 12.4 Å². The van der Waals surface area contributed by atoms with E-state index in [4.69, 9.17) is 27.9 Å². The molecule has 0 aliphatic carbocycles. The van der Waals surface area contributed by atoms with E-state index in [1.807, 2.05) is 24.3 Å². The van der Waals surface area contributed by atoms with Crippen molar-refractivity contribution in [3.8, 4) is 5.75 Å². The summed E-state index contributed by atoms with van der Waals surface area (Å²) in [6.07, 6.45) is 1.57. The van der Waals surface area contributed by atoms with Crippen molar-refractivity contribution in [2.75, 3.05) is 0 Å². The lowest BCUT2D eigenvalue weighted by Crippen LogP contribution is -2.27. The van der Waals surface area contributed by atoms with Gasteiger partial charge in [0.25, 0.3) is 11.1 Å². The molecule has 4 nitrogen and oxygen atoms in total. The van der Waals surface area contributed by atoms with Crippen LogP contribution in [-0.2, 0) is 17.9 Å². The Balaban J connectivity index is 1.49. The number of carbonyl (C=O) groups is 2. The minimum Gasteiger partial charge on any atom is -0.486 e. The number of nitrogens with zero attached hydrogens (tertiary/aromatic N) is 1. The predicted octanol–water partition coefficient (Wildman–Crippen LogP) is 7.55. The zero-order valence-electron chi connectivity index (χ0n) is 16.9. The van der Waals surface area contributed by atoms with Crippen LogP contribution >= 0.6 is 57.6 Å². The number of rotatable bonds is 6. The molecule has 4 rings (SSSR count). The highest BCUT2D eigenvalue weighted by Crippen LogP contribution is 2.38. The lowest BCUT2D eigenvalue weighted by molar-refractivity contribution is -0.123. The second-order valence-electron chi connectivity index (χ2n) is 7.12. The average molecular weight is 614 g/mol. The summed E-state index contributed by atoms with van der Waals surface area (Å²) in [5.74, 6) is -0.466. The number of hydrogen-bond donors (Lipinski definition) is 0. The third-order valence-corrected chi connectivity index (χ3v) is 6.93. The Bertz CT molecular complexity index is 1230. The third-order valence-electron chi connectivity index (χ3n) is 4.74. The van der Waals surface area contributed by atoms with E-state index in [-0.39, 0.29) is 17.3 Å². The van der Waals surface area contributed by atoms with Crippen molar-refractivity contribution in [2.45, 2.75) is 13.2 Å². The Morgan fingerprint density at radius 3 is 2.21 bits per heavy atom. The summed E-state index contributed by atoms with van der Waals surface area (Å²) < 4.78 is 20.0. The number of thioether (sulfide) groups is 1. The van der Waals surface area contributed by atoms with E-state index in [0.717, 1.165) is 25.8 Å². The van der Waals surface area contributed by atoms with Crippen molar-refractivity contribution >= 4 is 74.8 Å². The number of benzene rings is 3. The van der Waals surface area contributed by atoms with Crippen LogP contribution in [0.5, 0.6) is 5.75 Å². The van der Waals surface area contributed by atoms with Gasteiger partial charge in [0, 0.05) is 3.57 Å². The topological polar surface area (TPSA) is 46.6 Å². The summed E-state index contributed by atoms with van der Waals surface area (Å²) in [5.41, 5.74) is 2.20. The standard InChI is InChI=1S/C24H15Cl2FINO3S/c25-19-9-16(10-20(26)22(19)32-13-15-3-7-18(28)8-4-15)11-21-23(30)29(24(31)33-21)12-14-1-5-17(27)6-2-14/h1-11H,12-13H2/b21-11-. The van der Waals surface area contributed by atoms with Crippen LogP contribution < -0.4 is 4.74 Å². The number of halogens is 4. The van der Waals surface area contributed by atoms with E-state index in [2.05, 4.69) is 22.6 Å². The van der Waals surface area contributed by atoms with Crippen molar-refractivity contribution in [1.29, 1.82) is 0 Å². The molecule has 3 aromatic carbocycles. The van der Waals surface area contributed by atoms with Crippen LogP contribution in [0.1, 0.15) is 16.7 Å². The fourth-order valence-electron chi connectivity index (χ4n) is 3.10. The van der Waals surface area contributed by atoms with Crippen LogP contribution in [-0.4, -0.2) is 16.0 Å². The van der Waals surface area contributed by atoms with Gasteiger partial charge in [0.15, 0.2) is 5.75 Å². The zero-order valence-corrected chi connectivity index (χ0v) is 21.3. The molecule has 168 valence electrons. The largest absolute Gasteiger partial charge is 0.486 e. The molecule has 1 heterocycles. The quantitative estimate of drug-likeness (QED) is 0.213. The summed E-state index contributed by atoms with van der Waals surface area (Å²) in [6.45, 7) is 0.368. The summed E-state index contributed by atoms with van der Waals surface area (Å²) >= 11 is 15.8. The molecule has 1 fully saturated rings. The first-order valence-corrected chi connectivity index (χ1v) is 12.3. The fraction of sp³-hybridized carbons (Fsp3) is 0.0833. The molecule has 1 saturated heterocycles. The maximum absolute atomic E-state index is 13.1. The molecule has 0 unspecified atom stereocenters. The molecule has 0 saturated carbocycles. The van der Waals surface area contributed by atoms with Gasteiger partial charge < -0.3 is 4.74 Å². The molecule has 1 aliphatic rings. The smallest absolute Gasteiger partial charge is 0.293 e. The summed E-state index contributed by atoms with van der Waals surface area (Å²) in [7, 11) is 0. The maximum Gasteiger partial charge on any atom is 0.293 e. The summed E-state index contributed by atoms with van der Waals surface area (Å²) in [4.78, 5) is 26.5. The van der Waals surface area contributed by atoms with Crippen molar-refractivity contribution in [3.63, 3.8) is 0 Å². The highest BCUT2D eigenvalue weighted by atomic mass is 127. The Labute approximate surface area is 217 Å². The van der Waals surface area contributed by atoms with Crippen molar-refractivity contribution in [1.82, 2.24) is 4.90 Å². The molecule has 2 amide bonds. The van der Waals surface area contributed by atoms with Crippen LogP contribution in [0.15, 0.2) is 65.6 Å². The molecule has 9 heteroatoms. The number of ether oxygens (including phenoxy) is 1. The molecule has 1 aliphatic heterocycles. The van der Waals surface area contributed by atoms with Gasteiger partial charge in [-0.05, 0) is 93.5 Å². The van der Waals surface area contributed by atoms with E-state index in [0.29, 0.717) is 33.5 Å². The summed E-state index contributed by atoms with van der Waals surface area (Å²) in [5, 5.41) is 0.194. The van der Waals surface area contributed by atoms with Crippen LogP contribution in [0.25, 0.3) is 6.08 Å². The second-order valence-corrected chi connectivity index (χ2v) is 10.2. The van der Waals surface area contributed by atoms with E-state index in [1.54, 1.807) is 18.2 Å². The van der Waals surface area contributed by atoms with Gasteiger partial charge in [-0.3, -0.25) is 14.5 Å². The van der Waals surface area contributed by atoms with Gasteiger partial charge >= 0.3 is 0 Å². The minimum atomic E-state index is -0.430. The molecule has 0 bridgehead atoms. The second kappa shape index (κ2) is 10.5. The Morgan fingerprint density at radius 1 is 0.970 bits per heavy atom. The highest BCUT2D eigenvalue weighted by molar-refractivity contribution is 14.1. The minimum absolute atomic E-state index is 0.0646. The molecule has 33 heavy (non-hydrogen) atoms. The normalized spacial score (nSPS) is 14.9. The maximum atomic E-state index is 13.1. The molecule has 3 aromatic rings. The molecule has 0 N–H and O–H groups in total. The van der Waals surface area contributed by atoms with Gasteiger partial charge in [-0.2, -0.15) is 0 Å². The number of imide groups is 1. The van der Waals surface area contributed by atoms with E-state index < -0.39 is 11.1 Å². The van der Waals surface area contributed by atoms with Crippen LogP contribution in [0, 0.1) is 9.39 Å². The Kier molecular flexibility index (Phi) is 7.63. The van der Waals surface area contributed by atoms with Crippen LogP contribution in [0.3, 0.4) is 0 Å². The van der Waals surface area contributed by atoms with Gasteiger partial charge in [-0.15, -0.1) is 0 Å². The predicted molar refractivity (Wildman–Crippen MR) is 138 cm³/mol. The monoisotopic (exact) mass is 613 g/mol. The van der Waals surface area contributed by atoms with E-state index in [1.165, 1.54) is 24.3 Å². The molecular formula is C24H15Cl2FINO3S. The van der Waals surface area contributed by atoms with Crippen molar-refractivity contribution in [3.05, 3.63) is 102 Å². The van der Waals surface area contributed by atoms with Gasteiger partial charge in [-0.25, -0.2) is 4.39 Å².